The molecule has 0 spiro atoms. The normalized spacial score (nSPS) is 10.2. The fraction of sp³-hybridized carbons (Fsp3) is 0.125. The molecule has 0 radical (unpaired) electrons. The molecule has 0 amide bonds. The first kappa shape index (κ1) is 7.72. The molecular formula is C8H7N3O2. The maximum Gasteiger partial charge on any atom is 0.356 e. The Kier molecular flexibility index (Phi) is 1.70. The van der Waals surface area contributed by atoms with E-state index in [1.54, 1.807) is 12.4 Å². The Hall–Kier alpha value is -1.91. The van der Waals surface area contributed by atoms with Crippen LogP contribution in [0.3, 0.4) is 0 Å². The molecule has 0 unspecified atom stereocenters. The lowest BCUT2D eigenvalue weighted by molar-refractivity contribution is 0.0594. The van der Waals surface area contributed by atoms with Crippen LogP contribution in [0.2, 0.25) is 0 Å². The number of hydrogen-bond donors (Lipinski definition) is 1. The highest BCUT2D eigenvalue weighted by Crippen LogP contribution is 2.08. The third-order valence-corrected chi connectivity index (χ3v) is 1.70. The SMILES string of the molecule is COC(=O)c1cc2[nH]cnc2cn1. The molecule has 0 atom stereocenters. The Morgan fingerprint density at radius 2 is 2.38 bits per heavy atom. The number of nitrogens with one attached hydrogen (secondary N) is 1. The molecule has 0 saturated heterocycles. The van der Waals surface area contributed by atoms with E-state index in [0.29, 0.717) is 0 Å². The standard InChI is InChI=1S/C8H7N3O2/c1-13-8(12)6-2-5-7(3-9-6)11-4-10-5/h2-4H,1H3,(H,10,11). The van der Waals surface area contributed by atoms with Gasteiger partial charge in [0.15, 0.2) is 5.69 Å². The summed E-state index contributed by atoms with van der Waals surface area (Å²) >= 11 is 0. The van der Waals surface area contributed by atoms with Crippen LogP contribution in [-0.4, -0.2) is 28.0 Å². The monoisotopic (exact) mass is 177 g/mol. The summed E-state index contributed by atoms with van der Waals surface area (Å²) < 4.78 is 4.53. The number of nitrogens with zero attached hydrogens (tertiary/aromatic N) is 2. The number of fused-ring (bicyclic) bond motifs is 1. The van der Waals surface area contributed by atoms with Crippen LogP contribution in [0.25, 0.3) is 11.0 Å². The van der Waals surface area contributed by atoms with Crippen molar-refractivity contribution in [3.05, 3.63) is 24.3 Å². The number of imidazole rings is 1. The molecule has 0 aliphatic rings. The molecule has 2 aromatic rings. The molecule has 13 heavy (non-hydrogen) atoms. The molecule has 2 aromatic heterocycles. The Morgan fingerprint density at radius 1 is 1.54 bits per heavy atom. The van der Waals surface area contributed by atoms with Gasteiger partial charge >= 0.3 is 5.97 Å². The van der Waals surface area contributed by atoms with E-state index in [9.17, 15) is 4.79 Å². The van der Waals surface area contributed by atoms with Crippen LogP contribution in [0.4, 0.5) is 0 Å². The third-order valence-electron chi connectivity index (χ3n) is 1.70. The molecule has 66 valence electrons. The first-order valence-corrected chi connectivity index (χ1v) is 3.68. The highest BCUT2D eigenvalue weighted by atomic mass is 16.5. The van der Waals surface area contributed by atoms with Crippen molar-refractivity contribution in [1.29, 1.82) is 0 Å². The second-order valence-electron chi connectivity index (χ2n) is 2.48. The second kappa shape index (κ2) is 2.85. The number of carbonyl (C=O) groups is 1. The van der Waals surface area contributed by atoms with Gasteiger partial charge in [-0.15, -0.1) is 0 Å². The number of carbonyl (C=O) groups excluding carboxylic acids is 1. The summed E-state index contributed by atoms with van der Waals surface area (Å²) in [5, 5.41) is 0. The van der Waals surface area contributed by atoms with Crippen LogP contribution in [0.5, 0.6) is 0 Å². The average molecular weight is 177 g/mol. The summed E-state index contributed by atoms with van der Waals surface area (Å²) in [6.07, 6.45) is 3.07. The van der Waals surface area contributed by atoms with Crippen molar-refractivity contribution in [3.8, 4) is 0 Å². The molecule has 0 aliphatic carbocycles. The van der Waals surface area contributed by atoms with Gasteiger partial charge in [0.25, 0.3) is 0 Å². The van der Waals surface area contributed by atoms with Crippen molar-refractivity contribution in [2.24, 2.45) is 0 Å². The smallest absolute Gasteiger partial charge is 0.356 e. The minimum atomic E-state index is -0.448. The van der Waals surface area contributed by atoms with E-state index < -0.39 is 5.97 Å². The number of pyridine rings is 1. The van der Waals surface area contributed by atoms with Gasteiger partial charge in [-0.2, -0.15) is 0 Å². The fourth-order valence-corrected chi connectivity index (χ4v) is 1.05. The van der Waals surface area contributed by atoms with E-state index in [0.717, 1.165) is 11.0 Å². The molecule has 0 aliphatic heterocycles. The van der Waals surface area contributed by atoms with Crippen LogP contribution in [0.1, 0.15) is 10.5 Å². The van der Waals surface area contributed by atoms with Crippen molar-refractivity contribution in [2.75, 3.05) is 7.11 Å². The lowest BCUT2D eigenvalue weighted by Crippen LogP contribution is -2.03. The highest BCUT2D eigenvalue weighted by molar-refractivity contribution is 5.90. The topological polar surface area (TPSA) is 67.9 Å². The molecular weight excluding hydrogens is 170 g/mol. The Labute approximate surface area is 73.8 Å². The minimum absolute atomic E-state index is 0.277. The number of esters is 1. The van der Waals surface area contributed by atoms with E-state index in [-0.39, 0.29) is 5.69 Å². The van der Waals surface area contributed by atoms with Crippen LogP contribution in [0, 0.1) is 0 Å². The number of hydrogen-bond acceptors (Lipinski definition) is 4. The van der Waals surface area contributed by atoms with Gasteiger partial charge in [0.2, 0.25) is 0 Å². The summed E-state index contributed by atoms with van der Waals surface area (Å²) in [4.78, 5) is 21.8. The summed E-state index contributed by atoms with van der Waals surface area (Å²) in [5.41, 5.74) is 1.78. The van der Waals surface area contributed by atoms with Gasteiger partial charge in [-0.3, -0.25) is 0 Å². The van der Waals surface area contributed by atoms with Crippen molar-refractivity contribution >= 4 is 17.0 Å². The molecule has 5 heteroatoms. The van der Waals surface area contributed by atoms with Crippen molar-refractivity contribution in [2.45, 2.75) is 0 Å². The van der Waals surface area contributed by atoms with Gasteiger partial charge < -0.3 is 9.72 Å². The van der Waals surface area contributed by atoms with E-state index in [4.69, 9.17) is 0 Å². The lowest BCUT2D eigenvalue weighted by atomic mass is 10.3. The predicted molar refractivity (Wildman–Crippen MR) is 45.2 cm³/mol. The van der Waals surface area contributed by atoms with Gasteiger partial charge in [-0.25, -0.2) is 14.8 Å². The van der Waals surface area contributed by atoms with E-state index in [2.05, 4.69) is 19.7 Å². The summed E-state index contributed by atoms with van der Waals surface area (Å²) in [6.45, 7) is 0. The van der Waals surface area contributed by atoms with Gasteiger partial charge in [0.1, 0.15) is 5.52 Å². The Morgan fingerprint density at radius 3 is 3.15 bits per heavy atom. The number of methoxy groups -OCH3 is 1. The van der Waals surface area contributed by atoms with Crippen molar-refractivity contribution in [3.63, 3.8) is 0 Å². The predicted octanol–water partition coefficient (Wildman–Crippen LogP) is 0.744. The first-order valence-electron chi connectivity index (χ1n) is 3.68. The van der Waals surface area contributed by atoms with Crippen LogP contribution in [-0.2, 0) is 4.74 Å². The minimum Gasteiger partial charge on any atom is -0.464 e. The van der Waals surface area contributed by atoms with Gasteiger partial charge in [-0.05, 0) is 6.07 Å². The molecule has 0 aromatic carbocycles. The summed E-state index contributed by atoms with van der Waals surface area (Å²) in [7, 11) is 1.32. The number of aromatic nitrogens is 3. The maximum atomic E-state index is 11.1. The number of H-pyrrole nitrogens is 1. The highest BCUT2D eigenvalue weighted by Gasteiger charge is 2.07. The Bertz CT molecular complexity index is 449. The third kappa shape index (κ3) is 1.24. The van der Waals surface area contributed by atoms with Crippen LogP contribution in [0.15, 0.2) is 18.6 Å². The van der Waals surface area contributed by atoms with E-state index in [1.165, 1.54) is 13.3 Å². The summed E-state index contributed by atoms with van der Waals surface area (Å²) in [6, 6.07) is 1.61. The molecule has 5 nitrogen and oxygen atoms in total. The largest absolute Gasteiger partial charge is 0.464 e. The second-order valence-corrected chi connectivity index (χ2v) is 2.48. The Balaban J connectivity index is 2.54. The van der Waals surface area contributed by atoms with Gasteiger partial charge in [0.05, 0.1) is 25.2 Å². The van der Waals surface area contributed by atoms with Crippen molar-refractivity contribution < 1.29 is 9.53 Å². The van der Waals surface area contributed by atoms with E-state index >= 15 is 0 Å². The van der Waals surface area contributed by atoms with Crippen LogP contribution < -0.4 is 0 Å². The summed E-state index contributed by atoms with van der Waals surface area (Å²) in [5.74, 6) is -0.448. The zero-order valence-corrected chi connectivity index (χ0v) is 6.94. The maximum absolute atomic E-state index is 11.1. The average Bonchev–Trinajstić information content (AvgIpc) is 2.63. The van der Waals surface area contributed by atoms with Gasteiger partial charge in [-0.1, -0.05) is 0 Å². The molecule has 0 bridgehead atoms. The number of rotatable bonds is 1. The number of ether oxygens (including phenoxy) is 1. The molecule has 2 rings (SSSR count). The van der Waals surface area contributed by atoms with E-state index in [1.807, 2.05) is 0 Å². The molecule has 0 fully saturated rings. The molecule has 1 N–H and O–H groups in total. The fourth-order valence-electron chi connectivity index (χ4n) is 1.05. The molecule has 2 heterocycles. The zero-order chi connectivity index (χ0) is 9.26. The molecule has 0 saturated carbocycles. The number of aromatic amines is 1. The zero-order valence-electron chi connectivity index (χ0n) is 6.94. The quantitative estimate of drug-likeness (QED) is 0.652. The van der Waals surface area contributed by atoms with Gasteiger partial charge in [0, 0.05) is 0 Å². The van der Waals surface area contributed by atoms with Crippen LogP contribution >= 0.6 is 0 Å². The lowest BCUT2D eigenvalue weighted by Gasteiger charge is -1.96. The first-order chi connectivity index (χ1) is 6.31. The van der Waals surface area contributed by atoms with Crippen molar-refractivity contribution in [1.82, 2.24) is 15.0 Å².